The maximum atomic E-state index is 16.6. The number of rotatable bonds is 7. The van der Waals surface area contributed by atoms with Crippen LogP contribution in [0.15, 0.2) is 42.6 Å². The molecular weight excluding hydrogens is 701 g/mol. The van der Waals surface area contributed by atoms with Crippen LogP contribution in [0.3, 0.4) is 0 Å². The lowest BCUT2D eigenvalue weighted by atomic mass is 9.75. The number of ether oxygens (including phenoxy) is 5. The number of aliphatic hydroxyl groups excluding tert-OH is 1. The van der Waals surface area contributed by atoms with E-state index in [0.29, 0.717) is 6.42 Å². The van der Waals surface area contributed by atoms with Gasteiger partial charge in [-0.25, -0.2) is 14.0 Å². The van der Waals surface area contributed by atoms with Gasteiger partial charge >= 0.3 is 12.1 Å². The lowest BCUT2D eigenvalue weighted by Gasteiger charge is -2.47. The van der Waals surface area contributed by atoms with E-state index in [1.807, 2.05) is 62.3 Å². The molecule has 0 saturated carbocycles. The molecule has 3 aliphatic rings. The van der Waals surface area contributed by atoms with Crippen LogP contribution >= 0.6 is 0 Å². The van der Waals surface area contributed by atoms with Crippen molar-refractivity contribution in [3.8, 4) is 0 Å². The number of alkyl halides is 1. The zero-order valence-electron chi connectivity index (χ0n) is 32.5. The Bertz CT molecular complexity index is 1740. The number of alkyl carbamates (subject to hydrolysis) is 1. The van der Waals surface area contributed by atoms with E-state index >= 15 is 4.39 Å². The number of aromatic nitrogens is 1. The molecule has 1 amide bonds. The van der Waals surface area contributed by atoms with Crippen molar-refractivity contribution in [2.75, 3.05) is 20.7 Å². The summed E-state index contributed by atoms with van der Waals surface area (Å²) in [5.74, 6) is -5.89. The first-order chi connectivity index (χ1) is 25.3. The van der Waals surface area contributed by atoms with E-state index < -0.39 is 83.6 Å². The van der Waals surface area contributed by atoms with Crippen LogP contribution < -0.4 is 5.32 Å². The lowest BCUT2D eigenvalue weighted by molar-refractivity contribution is -0.297. The number of pyridine rings is 1. The van der Waals surface area contributed by atoms with Gasteiger partial charge in [-0.2, -0.15) is 0 Å². The third kappa shape index (κ3) is 8.68. The van der Waals surface area contributed by atoms with Crippen LogP contribution in [0.1, 0.15) is 66.9 Å². The monoisotopic (exact) mass is 755 g/mol. The van der Waals surface area contributed by atoms with Gasteiger partial charge < -0.3 is 39.0 Å². The van der Waals surface area contributed by atoms with Crippen molar-refractivity contribution >= 4 is 40.6 Å². The highest BCUT2D eigenvalue weighted by molar-refractivity contribution is 6.07. The molecule has 296 valence electrons. The van der Waals surface area contributed by atoms with Gasteiger partial charge in [0, 0.05) is 35.4 Å². The molecule has 54 heavy (non-hydrogen) atoms. The smallest absolute Gasteiger partial charge is 0.407 e. The molecule has 0 aliphatic carbocycles. The summed E-state index contributed by atoms with van der Waals surface area (Å²) in [6.07, 6.45) is -1.55. The fourth-order valence-corrected chi connectivity index (χ4v) is 8.04. The van der Waals surface area contributed by atoms with Crippen LogP contribution in [0.25, 0.3) is 17.0 Å². The van der Waals surface area contributed by atoms with Crippen molar-refractivity contribution in [1.29, 1.82) is 0 Å². The van der Waals surface area contributed by atoms with Gasteiger partial charge in [-0.05, 0) is 72.3 Å². The molecule has 1 aromatic carbocycles. The molecule has 1 aromatic heterocycles. The predicted molar refractivity (Wildman–Crippen MR) is 197 cm³/mol. The minimum atomic E-state index is -3.17. The normalized spacial score (nSPS) is 38.6. The number of aliphatic hydroxyl groups is 1. The maximum Gasteiger partial charge on any atom is 0.407 e. The minimum absolute atomic E-state index is 0.0332. The number of ketones is 2. The summed E-state index contributed by atoms with van der Waals surface area (Å²) >= 11 is 0. The first-order valence-electron chi connectivity index (χ1n) is 18.6. The summed E-state index contributed by atoms with van der Waals surface area (Å²) < 4.78 is 46.7. The first kappa shape index (κ1) is 41.3. The third-order valence-corrected chi connectivity index (χ3v) is 11.1. The van der Waals surface area contributed by atoms with Crippen LogP contribution in [-0.2, 0) is 38.1 Å². The number of carbonyl (C=O) groups is 4. The molecule has 3 fully saturated rings. The van der Waals surface area contributed by atoms with Gasteiger partial charge in [-0.1, -0.05) is 51.1 Å². The van der Waals surface area contributed by atoms with Crippen molar-refractivity contribution in [3.63, 3.8) is 0 Å². The summed E-state index contributed by atoms with van der Waals surface area (Å²) in [6, 6.07) is 8.38. The second kappa shape index (κ2) is 16.5. The third-order valence-electron chi connectivity index (χ3n) is 11.1. The fourth-order valence-electron chi connectivity index (χ4n) is 8.04. The van der Waals surface area contributed by atoms with Gasteiger partial charge in [0.2, 0.25) is 0 Å². The summed E-state index contributed by atoms with van der Waals surface area (Å²) in [7, 11) is 3.64. The van der Waals surface area contributed by atoms with Crippen LogP contribution in [0.5, 0.6) is 0 Å². The van der Waals surface area contributed by atoms with E-state index in [1.165, 1.54) is 13.8 Å². The molecular formula is C40H54FN3O10. The quantitative estimate of drug-likeness (QED) is 0.303. The average molecular weight is 756 g/mol. The molecule has 3 saturated heterocycles. The number of para-hydroxylation sites is 1. The molecule has 2 aromatic rings. The molecule has 0 bridgehead atoms. The molecule has 3 unspecified atom stereocenters. The summed E-state index contributed by atoms with van der Waals surface area (Å²) in [4.78, 5) is 60.6. The van der Waals surface area contributed by atoms with Crippen molar-refractivity contribution in [2.24, 2.45) is 17.8 Å². The van der Waals surface area contributed by atoms with E-state index in [4.69, 9.17) is 23.7 Å². The average Bonchev–Trinajstić information content (AvgIpc) is 3.53. The van der Waals surface area contributed by atoms with Crippen LogP contribution in [-0.4, -0.2) is 119 Å². The van der Waals surface area contributed by atoms with Gasteiger partial charge in [-0.15, -0.1) is 0 Å². The van der Waals surface area contributed by atoms with E-state index in [9.17, 15) is 24.3 Å². The largest absolute Gasteiger partial charge is 0.456 e. The van der Waals surface area contributed by atoms with Crippen molar-refractivity contribution in [3.05, 3.63) is 48.2 Å². The Morgan fingerprint density at radius 1 is 1.06 bits per heavy atom. The number of carbonyl (C=O) groups excluding carboxylic acids is 4. The Labute approximate surface area is 315 Å². The topological polar surface area (TPSA) is 163 Å². The highest BCUT2D eigenvalue weighted by Gasteiger charge is 2.55. The predicted octanol–water partition coefficient (Wildman–Crippen LogP) is 4.42. The van der Waals surface area contributed by atoms with Crippen molar-refractivity contribution in [1.82, 2.24) is 15.2 Å². The molecule has 4 heterocycles. The fraction of sp³-hybridized carbons (Fsp3) is 0.625. The lowest BCUT2D eigenvalue weighted by Crippen LogP contribution is -2.60. The van der Waals surface area contributed by atoms with Crippen molar-refractivity contribution in [2.45, 2.75) is 121 Å². The molecule has 0 spiro atoms. The molecule has 3 aliphatic heterocycles. The second-order valence-electron chi connectivity index (χ2n) is 15.7. The number of cyclic esters (lactones) is 1. The zero-order chi connectivity index (χ0) is 39.7. The van der Waals surface area contributed by atoms with Crippen molar-refractivity contribution < 1.29 is 52.4 Å². The maximum absolute atomic E-state index is 16.6. The summed E-state index contributed by atoms with van der Waals surface area (Å²) in [5.41, 5.74) is -3.05. The number of nitrogens with one attached hydrogen (secondary N) is 1. The number of hydrogen-bond acceptors (Lipinski definition) is 12. The van der Waals surface area contributed by atoms with Crippen LogP contribution in [0.2, 0.25) is 0 Å². The van der Waals surface area contributed by atoms with Crippen LogP contribution in [0.4, 0.5) is 9.18 Å². The van der Waals surface area contributed by atoms with Gasteiger partial charge in [-0.3, -0.25) is 14.6 Å². The van der Waals surface area contributed by atoms with Gasteiger partial charge in [0.15, 0.2) is 18.2 Å². The Kier molecular flexibility index (Phi) is 12.6. The highest BCUT2D eigenvalue weighted by atomic mass is 19.1. The van der Waals surface area contributed by atoms with Crippen LogP contribution in [0, 0.1) is 17.8 Å². The van der Waals surface area contributed by atoms with E-state index in [0.717, 1.165) is 23.4 Å². The first-order valence-corrected chi connectivity index (χ1v) is 18.6. The number of amides is 1. The minimum Gasteiger partial charge on any atom is -0.456 e. The standard InChI is InChI=1S/C40H54FN3O10/c1-21-19-39(6,50-16-12-13-26-18-27-14-10-11-15-28(27)42-20-26)35(54-36-32(46)29(44(8)9)17-22(2)51-36)24(4)34(47)40(7,41)37(48)52-25(5)33-30(23(3)31(21)45)43-38(49)53-33/h10-15,18,20-25,29-30,32-33,35-36,46H,16-17,19H2,1-9H3,(H,43,49)/b13-12+/t21-,22-,23+,24+,25-,29+,30?,32-,33?,35-,36+,39+,40?/m1/s1. The number of halogens is 1. The molecule has 13 atom stereocenters. The molecule has 0 radical (unpaired) electrons. The van der Waals surface area contributed by atoms with E-state index in [-0.39, 0.29) is 31.0 Å². The number of benzene rings is 1. The zero-order valence-corrected chi connectivity index (χ0v) is 32.5. The van der Waals surface area contributed by atoms with E-state index in [1.54, 1.807) is 33.0 Å². The number of fused-ring (bicyclic) bond motifs is 2. The Morgan fingerprint density at radius 3 is 2.46 bits per heavy atom. The van der Waals surface area contributed by atoms with Gasteiger partial charge in [0.1, 0.15) is 18.0 Å². The molecule has 13 nitrogen and oxygen atoms in total. The molecule has 14 heteroatoms. The molecule has 2 N–H and O–H groups in total. The number of hydrogen-bond donors (Lipinski definition) is 2. The highest BCUT2D eigenvalue weighted by Crippen LogP contribution is 2.39. The Morgan fingerprint density at radius 2 is 1.76 bits per heavy atom. The number of nitrogens with zero attached hydrogens (tertiary/aromatic N) is 2. The summed E-state index contributed by atoms with van der Waals surface area (Å²) in [6.45, 7) is 10.5. The molecule has 5 rings (SSSR count). The second-order valence-corrected chi connectivity index (χ2v) is 15.7. The number of esters is 1. The number of likely N-dealkylation sites (N-methyl/N-ethyl adjacent to an activating group) is 1. The Balaban J connectivity index is 1.56. The number of Topliss-reactive ketones (excluding diaryl/α,β-unsaturated/α-hetero) is 2. The van der Waals surface area contributed by atoms with Gasteiger partial charge in [0.05, 0.1) is 36.0 Å². The summed E-state index contributed by atoms with van der Waals surface area (Å²) in [5, 5.41) is 15.1. The Hall–Kier alpha value is -3.82. The van der Waals surface area contributed by atoms with Gasteiger partial charge in [0.25, 0.3) is 5.67 Å². The SMILES string of the molecule is C[C@@H]1C[C@H](N(C)C)[C@@H](O)[C@H](O[C@@H]2[C@@H](C)C(=O)C(C)(F)C(=O)O[C@H](C)C3OC(=O)NC3[C@H](C)C(=O)[C@H](C)C[C@]2(C)OC/C=C/c2cnc3ccccc3c2)O1. The van der Waals surface area contributed by atoms with E-state index in [2.05, 4.69) is 10.3 Å².